The molecule has 0 spiro atoms. The van der Waals surface area contributed by atoms with Crippen LogP contribution in [-0.4, -0.2) is 49.1 Å². The van der Waals surface area contributed by atoms with Gasteiger partial charge in [0.25, 0.3) is 11.7 Å². The molecule has 1 amide bonds. The van der Waals surface area contributed by atoms with Crippen LogP contribution < -0.4 is 4.74 Å². The predicted octanol–water partition coefficient (Wildman–Crippen LogP) is 4.96. The Hall–Kier alpha value is -3.35. The summed E-state index contributed by atoms with van der Waals surface area (Å²) in [5.74, 6) is -1.27. The molecule has 33 heavy (non-hydrogen) atoms. The van der Waals surface area contributed by atoms with E-state index in [1.807, 2.05) is 42.5 Å². The largest absolute Gasteiger partial charge is 0.507 e. The van der Waals surface area contributed by atoms with Gasteiger partial charge in [-0.05, 0) is 41.0 Å². The van der Waals surface area contributed by atoms with E-state index in [0.717, 1.165) is 16.3 Å². The van der Waals surface area contributed by atoms with E-state index in [1.165, 1.54) is 12.0 Å². The van der Waals surface area contributed by atoms with Crippen LogP contribution in [0.15, 0.2) is 66.2 Å². The van der Waals surface area contributed by atoms with E-state index in [-0.39, 0.29) is 21.9 Å². The van der Waals surface area contributed by atoms with Crippen LogP contribution in [0.1, 0.15) is 23.6 Å². The minimum Gasteiger partial charge on any atom is -0.507 e. The molecule has 1 fully saturated rings. The van der Waals surface area contributed by atoms with Gasteiger partial charge in [-0.25, -0.2) is 0 Å². The van der Waals surface area contributed by atoms with Crippen LogP contribution in [0.5, 0.6) is 5.75 Å². The number of ether oxygens (including phenoxy) is 2. The van der Waals surface area contributed by atoms with Crippen molar-refractivity contribution in [1.82, 2.24) is 4.90 Å². The second-order valence-electron chi connectivity index (χ2n) is 7.75. The van der Waals surface area contributed by atoms with Crippen molar-refractivity contribution in [2.45, 2.75) is 12.5 Å². The number of rotatable bonds is 7. The molecule has 1 unspecified atom stereocenters. The Balaban J connectivity index is 1.95. The maximum Gasteiger partial charge on any atom is 0.295 e. The highest BCUT2D eigenvalue weighted by molar-refractivity contribution is 6.47. The molecule has 4 rings (SSSR count). The normalized spacial score (nSPS) is 17.7. The highest BCUT2D eigenvalue weighted by atomic mass is 35.5. The number of aliphatic hydroxyl groups is 1. The van der Waals surface area contributed by atoms with Gasteiger partial charge in [-0.3, -0.25) is 9.59 Å². The number of halogens is 1. The highest BCUT2D eigenvalue weighted by Gasteiger charge is 2.46. The number of hydrogen-bond donors (Lipinski definition) is 1. The van der Waals surface area contributed by atoms with E-state index in [1.54, 1.807) is 25.3 Å². The van der Waals surface area contributed by atoms with Gasteiger partial charge in [0, 0.05) is 25.8 Å². The fraction of sp³-hybridized carbons (Fsp3) is 0.231. The highest BCUT2D eigenvalue weighted by Crippen LogP contribution is 2.43. The molecule has 0 bridgehead atoms. The number of aliphatic hydroxyl groups excluding tert-OH is 1. The first-order valence-electron chi connectivity index (χ1n) is 10.6. The summed E-state index contributed by atoms with van der Waals surface area (Å²) in [4.78, 5) is 27.8. The number of benzene rings is 3. The lowest BCUT2D eigenvalue weighted by atomic mass is 9.91. The fourth-order valence-electron chi connectivity index (χ4n) is 4.26. The first-order valence-corrected chi connectivity index (χ1v) is 10.9. The third-order valence-electron chi connectivity index (χ3n) is 5.83. The number of fused-ring (bicyclic) bond motifs is 1. The van der Waals surface area contributed by atoms with Gasteiger partial charge in [-0.2, -0.15) is 0 Å². The lowest BCUT2D eigenvalue weighted by Gasteiger charge is -2.26. The van der Waals surface area contributed by atoms with Gasteiger partial charge in [-0.1, -0.05) is 54.1 Å². The van der Waals surface area contributed by atoms with Gasteiger partial charge >= 0.3 is 0 Å². The zero-order valence-electron chi connectivity index (χ0n) is 18.4. The second-order valence-corrected chi connectivity index (χ2v) is 8.16. The zero-order chi connectivity index (χ0) is 23.5. The lowest BCUT2D eigenvalue weighted by molar-refractivity contribution is -0.140. The number of ketones is 1. The first-order chi connectivity index (χ1) is 16.0. The molecule has 3 aromatic rings. The average Bonchev–Trinajstić information content (AvgIpc) is 3.08. The summed E-state index contributed by atoms with van der Waals surface area (Å²) < 4.78 is 10.4. The van der Waals surface area contributed by atoms with Crippen LogP contribution >= 0.6 is 11.6 Å². The number of hydrogen-bond acceptors (Lipinski definition) is 5. The summed E-state index contributed by atoms with van der Waals surface area (Å²) in [7, 11) is 3.08. The number of likely N-dealkylation sites (tertiary alicyclic amines) is 1. The SMILES string of the molecule is COCCCN1C(=O)C(=O)/C(=C(/O)c2cc(OC)ccc2Cl)C1c1cccc2ccccc12. The molecule has 0 saturated carbocycles. The van der Waals surface area contributed by atoms with Crippen molar-refractivity contribution in [1.29, 1.82) is 0 Å². The molecule has 1 N–H and O–H groups in total. The Bertz CT molecular complexity index is 1250. The second kappa shape index (κ2) is 9.65. The summed E-state index contributed by atoms with van der Waals surface area (Å²) >= 11 is 6.36. The quantitative estimate of drug-likeness (QED) is 0.231. The Labute approximate surface area is 197 Å². The smallest absolute Gasteiger partial charge is 0.295 e. The summed E-state index contributed by atoms with van der Waals surface area (Å²) in [6.07, 6.45) is 0.546. The maximum atomic E-state index is 13.2. The number of Topliss-reactive ketones (excluding diaryl/α,β-unsaturated/α-hetero) is 1. The average molecular weight is 466 g/mol. The molecule has 1 heterocycles. The Morgan fingerprint density at radius 3 is 2.58 bits per heavy atom. The number of carbonyl (C=O) groups excluding carboxylic acids is 2. The van der Waals surface area contributed by atoms with E-state index in [9.17, 15) is 14.7 Å². The van der Waals surface area contributed by atoms with Crippen LogP contribution in [0.4, 0.5) is 0 Å². The predicted molar refractivity (Wildman–Crippen MR) is 127 cm³/mol. The summed E-state index contributed by atoms with van der Waals surface area (Å²) in [6.45, 7) is 0.738. The van der Waals surface area contributed by atoms with Crippen molar-refractivity contribution in [3.05, 3.63) is 82.4 Å². The Morgan fingerprint density at radius 2 is 1.82 bits per heavy atom. The molecule has 1 atom stereocenters. The molecule has 3 aromatic carbocycles. The van der Waals surface area contributed by atoms with E-state index in [0.29, 0.717) is 25.3 Å². The molecule has 1 saturated heterocycles. The van der Waals surface area contributed by atoms with Gasteiger partial charge in [0.15, 0.2) is 0 Å². The van der Waals surface area contributed by atoms with Gasteiger partial charge in [-0.15, -0.1) is 0 Å². The number of amides is 1. The molecule has 0 aliphatic carbocycles. The summed E-state index contributed by atoms with van der Waals surface area (Å²) in [6, 6.07) is 17.5. The molecular formula is C26H24ClNO5. The molecule has 7 heteroatoms. The van der Waals surface area contributed by atoms with Gasteiger partial charge in [0.05, 0.1) is 23.7 Å². The molecule has 0 aromatic heterocycles. The number of nitrogens with zero attached hydrogens (tertiary/aromatic N) is 1. The Kier molecular flexibility index (Phi) is 6.67. The van der Waals surface area contributed by atoms with Crippen molar-refractivity contribution < 1.29 is 24.2 Å². The van der Waals surface area contributed by atoms with Crippen LogP contribution in [0.25, 0.3) is 16.5 Å². The van der Waals surface area contributed by atoms with Crippen molar-refractivity contribution in [3.8, 4) is 5.75 Å². The van der Waals surface area contributed by atoms with E-state index in [2.05, 4.69) is 0 Å². The third kappa shape index (κ3) is 4.19. The van der Waals surface area contributed by atoms with Crippen LogP contribution in [-0.2, 0) is 14.3 Å². The van der Waals surface area contributed by atoms with Crippen molar-refractivity contribution in [3.63, 3.8) is 0 Å². The monoisotopic (exact) mass is 465 g/mol. The van der Waals surface area contributed by atoms with Crippen molar-refractivity contribution >= 4 is 39.8 Å². The van der Waals surface area contributed by atoms with E-state index in [4.69, 9.17) is 21.1 Å². The summed E-state index contributed by atoms with van der Waals surface area (Å²) in [5.41, 5.74) is 0.991. The summed E-state index contributed by atoms with van der Waals surface area (Å²) in [5, 5.41) is 13.4. The van der Waals surface area contributed by atoms with Crippen LogP contribution in [0.3, 0.4) is 0 Å². The van der Waals surface area contributed by atoms with Gasteiger partial charge < -0.3 is 19.5 Å². The van der Waals surface area contributed by atoms with E-state index >= 15 is 0 Å². The molecule has 1 aliphatic heterocycles. The zero-order valence-corrected chi connectivity index (χ0v) is 19.1. The van der Waals surface area contributed by atoms with Crippen LogP contribution in [0.2, 0.25) is 5.02 Å². The van der Waals surface area contributed by atoms with E-state index < -0.39 is 17.7 Å². The molecule has 0 radical (unpaired) electrons. The van der Waals surface area contributed by atoms with Gasteiger partial charge in [0.2, 0.25) is 0 Å². The third-order valence-corrected chi connectivity index (χ3v) is 6.16. The topological polar surface area (TPSA) is 76.1 Å². The fourth-order valence-corrected chi connectivity index (χ4v) is 4.47. The standard InChI is InChI=1S/C26H24ClNO5/c1-32-14-6-13-28-23(19-10-5-8-16-7-3-4-9-18(16)19)22(25(30)26(28)31)24(29)20-15-17(33-2)11-12-21(20)27/h3-5,7-12,15,23,29H,6,13-14H2,1-2H3/b24-22+. The minimum absolute atomic E-state index is 0.00363. The maximum absolute atomic E-state index is 13.2. The molecular weight excluding hydrogens is 442 g/mol. The van der Waals surface area contributed by atoms with Crippen molar-refractivity contribution in [2.24, 2.45) is 0 Å². The first kappa shape index (κ1) is 22.8. The Morgan fingerprint density at radius 1 is 1.06 bits per heavy atom. The number of carbonyl (C=O) groups is 2. The number of methoxy groups -OCH3 is 2. The van der Waals surface area contributed by atoms with Gasteiger partial charge in [0.1, 0.15) is 11.5 Å². The lowest BCUT2D eigenvalue weighted by Crippen LogP contribution is -2.31. The molecule has 1 aliphatic rings. The van der Waals surface area contributed by atoms with Crippen LogP contribution in [0, 0.1) is 0 Å². The molecule has 6 nitrogen and oxygen atoms in total. The van der Waals surface area contributed by atoms with Crippen molar-refractivity contribution in [2.75, 3.05) is 27.4 Å². The molecule has 170 valence electrons. The minimum atomic E-state index is -0.768.